The lowest BCUT2D eigenvalue weighted by Crippen LogP contribution is -2.64. The van der Waals surface area contributed by atoms with Crippen LogP contribution in [-0.4, -0.2) is 33.3 Å². The average molecular weight is 404 g/mol. The SMILES string of the molecule is O=C(Nc1ccncc1)[C@H]1c2ccccc2C(=O)N(C2CCCC2)C12CCCCC2. The number of nitrogens with one attached hydrogen (secondary N) is 1. The molecule has 0 bridgehead atoms. The van der Waals surface area contributed by atoms with Crippen molar-refractivity contribution >= 4 is 17.5 Å². The number of anilines is 1. The van der Waals surface area contributed by atoms with Crippen LogP contribution in [0.1, 0.15) is 79.6 Å². The number of nitrogens with zero attached hydrogens (tertiary/aromatic N) is 2. The second-order valence-corrected chi connectivity index (χ2v) is 9.02. The third kappa shape index (κ3) is 3.11. The molecule has 2 amide bonds. The second-order valence-electron chi connectivity index (χ2n) is 9.02. The summed E-state index contributed by atoms with van der Waals surface area (Å²) in [6.45, 7) is 0. The van der Waals surface area contributed by atoms with Crippen molar-refractivity contribution in [3.63, 3.8) is 0 Å². The number of carbonyl (C=O) groups excluding carboxylic acids is 2. The Morgan fingerprint density at radius 1 is 0.967 bits per heavy atom. The molecule has 5 rings (SSSR count). The van der Waals surface area contributed by atoms with Crippen LogP contribution in [0.25, 0.3) is 0 Å². The van der Waals surface area contributed by atoms with E-state index in [1.165, 1.54) is 19.3 Å². The minimum absolute atomic E-state index is 0.00829. The van der Waals surface area contributed by atoms with E-state index in [1.54, 1.807) is 12.4 Å². The Hall–Kier alpha value is -2.69. The van der Waals surface area contributed by atoms with Gasteiger partial charge in [-0.15, -0.1) is 0 Å². The molecule has 0 radical (unpaired) electrons. The van der Waals surface area contributed by atoms with Gasteiger partial charge in [-0.05, 0) is 49.4 Å². The summed E-state index contributed by atoms with van der Waals surface area (Å²) < 4.78 is 0. The lowest BCUT2D eigenvalue weighted by molar-refractivity contribution is -0.123. The van der Waals surface area contributed by atoms with Gasteiger partial charge >= 0.3 is 0 Å². The van der Waals surface area contributed by atoms with Crippen molar-refractivity contribution in [2.24, 2.45) is 0 Å². The second kappa shape index (κ2) is 7.86. The van der Waals surface area contributed by atoms with E-state index >= 15 is 0 Å². The van der Waals surface area contributed by atoms with Gasteiger partial charge in [0, 0.05) is 29.7 Å². The Morgan fingerprint density at radius 3 is 2.40 bits per heavy atom. The molecule has 2 fully saturated rings. The molecule has 0 unspecified atom stereocenters. The van der Waals surface area contributed by atoms with E-state index in [-0.39, 0.29) is 23.8 Å². The first-order valence-electron chi connectivity index (χ1n) is 11.3. The summed E-state index contributed by atoms with van der Waals surface area (Å²) in [7, 11) is 0. The van der Waals surface area contributed by atoms with Crippen LogP contribution >= 0.6 is 0 Å². The van der Waals surface area contributed by atoms with E-state index < -0.39 is 5.54 Å². The zero-order valence-electron chi connectivity index (χ0n) is 17.3. The van der Waals surface area contributed by atoms with E-state index in [0.717, 1.165) is 49.8 Å². The lowest BCUT2D eigenvalue weighted by Gasteiger charge is -2.56. The molecular weight excluding hydrogens is 374 g/mol. The van der Waals surface area contributed by atoms with Gasteiger partial charge in [0.25, 0.3) is 5.91 Å². The maximum Gasteiger partial charge on any atom is 0.254 e. The number of aromatic nitrogens is 1. The molecule has 30 heavy (non-hydrogen) atoms. The fraction of sp³-hybridized carbons (Fsp3) is 0.480. The highest BCUT2D eigenvalue weighted by Gasteiger charge is 2.56. The predicted molar refractivity (Wildman–Crippen MR) is 116 cm³/mol. The fourth-order valence-corrected chi connectivity index (χ4v) is 6.12. The quantitative estimate of drug-likeness (QED) is 0.792. The van der Waals surface area contributed by atoms with Gasteiger partial charge in [0.15, 0.2) is 0 Å². The summed E-state index contributed by atoms with van der Waals surface area (Å²) in [6, 6.07) is 11.7. The molecule has 3 aliphatic rings. The average Bonchev–Trinajstić information content (AvgIpc) is 3.29. The molecule has 2 saturated carbocycles. The maximum absolute atomic E-state index is 13.8. The summed E-state index contributed by atoms with van der Waals surface area (Å²) in [6.07, 6.45) is 12.9. The largest absolute Gasteiger partial charge is 0.329 e. The standard InChI is InChI=1S/C25H29N3O2/c29-23(27-18-12-16-26-17-13-18)22-20-10-4-5-11-21(20)24(30)28(19-8-2-3-9-19)25(22)14-6-1-7-15-25/h4-5,10-13,16-17,19,22H,1-3,6-9,14-15H2,(H,26,27,29)/t22-/m1/s1. The Morgan fingerprint density at radius 2 is 1.67 bits per heavy atom. The maximum atomic E-state index is 13.8. The first-order chi connectivity index (χ1) is 14.7. The number of amides is 2. The third-order valence-corrected chi connectivity index (χ3v) is 7.36. The Kier molecular flexibility index (Phi) is 5.05. The van der Waals surface area contributed by atoms with Gasteiger partial charge in [0.05, 0.1) is 11.5 Å². The normalized spacial score (nSPS) is 23.4. The van der Waals surface area contributed by atoms with Crippen LogP contribution < -0.4 is 5.32 Å². The van der Waals surface area contributed by atoms with Gasteiger partial charge < -0.3 is 10.2 Å². The molecule has 5 nitrogen and oxygen atoms in total. The Labute approximate surface area is 177 Å². The number of fused-ring (bicyclic) bond motifs is 1. The number of rotatable bonds is 3. The van der Waals surface area contributed by atoms with E-state index in [9.17, 15) is 9.59 Å². The van der Waals surface area contributed by atoms with Crippen molar-refractivity contribution in [3.05, 3.63) is 59.9 Å². The minimum Gasteiger partial charge on any atom is -0.329 e. The molecule has 0 saturated heterocycles. The highest BCUT2D eigenvalue weighted by atomic mass is 16.2. The monoisotopic (exact) mass is 403 g/mol. The van der Waals surface area contributed by atoms with Crippen LogP contribution in [0.15, 0.2) is 48.8 Å². The number of benzene rings is 1. The van der Waals surface area contributed by atoms with Gasteiger partial charge in [0.1, 0.15) is 0 Å². The number of hydrogen-bond acceptors (Lipinski definition) is 3. The predicted octanol–water partition coefficient (Wildman–Crippen LogP) is 4.91. The van der Waals surface area contributed by atoms with Gasteiger partial charge in [-0.25, -0.2) is 0 Å². The molecule has 1 aromatic heterocycles. The van der Waals surface area contributed by atoms with Crippen molar-refractivity contribution in [1.29, 1.82) is 0 Å². The van der Waals surface area contributed by atoms with Gasteiger partial charge in [-0.1, -0.05) is 50.3 Å². The Bertz CT molecular complexity index is 930. The first kappa shape index (κ1) is 19.3. The molecule has 156 valence electrons. The van der Waals surface area contributed by atoms with Crippen LogP contribution in [-0.2, 0) is 4.79 Å². The van der Waals surface area contributed by atoms with Crippen LogP contribution in [0.3, 0.4) is 0 Å². The van der Waals surface area contributed by atoms with Gasteiger partial charge in [0.2, 0.25) is 5.91 Å². The Balaban J connectivity index is 1.63. The topological polar surface area (TPSA) is 62.3 Å². The summed E-state index contributed by atoms with van der Waals surface area (Å²) in [5.74, 6) is -0.223. The first-order valence-corrected chi connectivity index (χ1v) is 11.3. The molecular formula is C25H29N3O2. The van der Waals surface area contributed by atoms with Gasteiger partial charge in [-0.2, -0.15) is 0 Å². The zero-order valence-corrected chi connectivity index (χ0v) is 17.3. The number of hydrogen-bond donors (Lipinski definition) is 1. The van der Waals surface area contributed by atoms with Crippen molar-refractivity contribution in [2.75, 3.05) is 5.32 Å². The molecule has 1 aromatic carbocycles. The molecule has 2 aromatic rings. The third-order valence-electron chi connectivity index (χ3n) is 7.36. The van der Waals surface area contributed by atoms with Crippen LogP contribution in [0, 0.1) is 0 Å². The van der Waals surface area contributed by atoms with Crippen molar-refractivity contribution in [3.8, 4) is 0 Å². The molecule has 5 heteroatoms. The van der Waals surface area contributed by atoms with Crippen molar-refractivity contribution in [1.82, 2.24) is 9.88 Å². The van der Waals surface area contributed by atoms with Crippen molar-refractivity contribution in [2.45, 2.75) is 75.3 Å². The highest BCUT2D eigenvalue weighted by Crippen LogP contribution is 2.51. The molecule has 2 heterocycles. The van der Waals surface area contributed by atoms with Crippen LogP contribution in [0.2, 0.25) is 0 Å². The zero-order chi connectivity index (χ0) is 20.6. The van der Waals surface area contributed by atoms with Crippen LogP contribution in [0.5, 0.6) is 0 Å². The molecule has 2 aliphatic carbocycles. The summed E-state index contributed by atoms with van der Waals surface area (Å²) in [5.41, 5.74) is 1.93. The fourth-order valence-electron chi connectivity index (χ4n) is 6.12. The summed E-state index contributed by atoms with van der Waals surface area (Å²) in [4.78, 5) is 33.8. The van der Waals surface area contributed by atoms with Gasteiger partial charge in [-0.3, -0.25) is 14.6 Å². The number of pyridine rings is 1. The van der Waals surface area contributed by atoms with E-state index in [1.807, 2.05) is 36.4 Å². The van der Waals surface area contributed by atoms with E-state index in [2.05, 4.69) is 15.2 Å². The molecule has 1 atom stereocenters. The van der Waals surface area contributed by atoms with Crippen LogP contribution in [0.4, 0.5) is 5.69 Å². The molecule has 1 aliphatic heterocycles. The van der Waals surface area contributed by atoms with E-state index in [0.29, 0.717) is 5.56 Å². The lowest BCUT2D eigenvalue weighted by atomic mass is 9.64. The summed E-state index contributed by atoms with van der Waals surface area (Å²) >= 11 is 0. The smallest absolute Gasteiger partial charge is 0.254 e. The summed E-state index contributed by atoms with van der Waals surface area (Å²) in [5, 5.41) is 3.13. The molecule has 1 spiro atoms. The minimum atomic E-state index is -0.421. The number of carbonyl (C=O) groups is 2. The van der Waals surface area contributed by atoms with E-state index in [4.69, 9.17) is 0 Å². The van der Waals surface area contributed by atoms with Crippen molar-refractivity contribution < 1.29 is 9.59 Å². The highest BCUT2D eigenvalue weighted by molar-refractivity contribution is 6.05. The molecule has 1 N–H and O–H groups in total.